The van der Waals surface area contributed by atoms with Crippen molar-refractivity contribution in [3.05, 3.63) is 149 Å². The number of hydroxylamine groups is 1. The van der Waals surface area contributed by atoms with Crippen molar-refractivity contribution >= 4 is 6.21 Å². The van der Waals surface area contributed by atoms with E-state index in [9.17, 15) is 5.21 Å². The Bertz CT molecular complexity index is 1270. The highest BCUT2D eigenvalue weighted by Crippen LogP contribution is 2.31. The Balaban J connectivity index is 1.38. The molecule has 0 unspecified atom stereocenters. The van der Waals surface area contributed by atoms with E-state index in [1.165, 1.54) is 0 Å². The Morgan fingerprint density at radius 3 is 1.32 bits per heavy atom. The maximum atomic E-state index is 13.8. The zero-order valence-corrected chi connectivity index (χ0v) is 22.5. The number of rotatable bonds is 14. The third kappa shape index (κ3) is 7.23. The Hall–Kier alpha value is -3.81. The molecule has 1 aliphatic rings. The second kappa shape index (κ2) is 14.0. The molecular weight excluding hydrogens is 502 g/mol. The van der Waals surface area contributed by atoms with Crippen molar-refractivity contribution in [1.29, 1.82) is 0 Å². The summed E-state index contributed by atoms with van der Waals surface area (Å²) >= 11 is 0. The van der Waals surface area contributed by atoms with Crippen LogP contribution < -0.4 is 0 Å². The molecule has 0 amide bonds. The van der Waals surface area contributed by atoms with Gasteiger partial charge in [0.05, 0.1) is 26.4 Å². The fraction of sp³-hybridized carbons (Fsp3) is 0.265. The number of benzene rings is 4. The molecule has 6 heteroatoms. The molecule has 5 rings (SSSR count). The summed E-state index contributed by atoms with van der Waals surface area (Å²) in [6.07, 6.45) is 0.360. The summed E-state index contributed by atoms with van der Waals surface area (Å²) < 4.78 is 26.2. The first-order chi connectivity index (χ1) is 19.7. The molecule has 0 aliphatic carbocycles. The average Bonchev–Trinajstić information content (AvgIpc) is 3.27. The van der Waals surface area contributed by atoms with E-state index in [4.69, 9.17) is 18.9 Å². The van der Waals surface area contributed by atoms with Gasteiger partial charge >= 0.3 is 0 Å². The molecule has 0 spiro atoms. The van der Waals surface area contributed by atoms with E-state index < -0.39 is 17.7 Å². The molecule has 0 saturated carbocycles. The van der Waals surface area contributed by atoms with E-state index in [1.54, 1.807) is 6.21 Å². The first-order valence-corrected chi connectivity index (χ1v) is 13.6. The van der Waals surface area contributed by atoms with Gasteiger partial charge in [0.1, 0.15) is 13.2 Å². The number of ether oxygens (including phenoxy) is 4. The minimum Gasteiger partial charge on any atom is -0.623 e. The molecule has 0 bridgehead atoms. The van der Waals surface area contributed by atoms with E-state index in [-0.39, 0.29) is 13.2 Å². The molecule has 4 aromatic rings. The monoisotopic (exact) mass is 537 g/mol. The Kier molecular flexibility index (Phi) is 9.72. The van der Waals surface area contributed by atoms with Crippen LogP contribution in [0.25, 0.3) is 0 Å². The van der Waals surface area contributed by atoms with E-state index in [0.29, 0.717) is 26.4 Å². The average molecular weight is 538 g/mol. The van der Waals surface area contributed by atoms with Crippen LogP contribution in [-0.4, -0.2) is 41.9 Å². The van der Waals surface area contributed by atoms with Crippen LogP contribution in [-0.2, 0) is 45.4 Å². The van der Waals surface area contributed by atoms with Gasteiger partial charge in [0.2, 0.25) is 5.54 Å². The maximum absolute atomic E-state index is 13.8. The molecule has 6 nitrogen and oxygen atoms in total. The Morgan fingerprint density at radius 1 is 0.525 bits per heavy atom. The van der Waals surface area contributed by atoms with Crippen molar-refractivity contribution in [2.75, 3.05) is 13.2 Å². The molecule has 1 aliphatic heterocycles. The van der Waals surface area contributed by atoms with Gasteiger partial charge in [0.25, 0.3) is 0 Å². The van der Waals surface area contributed by atoms with Gasteiger partial charge in [-0.1, -0.05) is 121 Å². The molecular formula is C34H35NO5. The second-order valence-corrected chi connectivity index (χ2v) is 10.0. The van der Waals surface area contributed by atoms with Crippen LogP contribution in [0.2, 0.25) is 0 Å². The van der Waals surface area contributed by atoms with Gasteiger partial charge in [-0.05, 0) is 22.3 Å². The van der Waals surface area contributed by atoms with Gasteiger partial charge in [-0.25, -0.2) is 0 Å². The molecule has 0 saturated heterocycles. The fourth-order valence-electron chi connectivity index (χ4n) is 4.87. The van der Waals surface area contributed by atoms with Crippen LogP contribution in [0.3, 0.4) is 0 Å². The van der Waals surface area contributed by atoms with Crippen LogP contribution in [0.1, 0.15) is 22.3 Å². The Labute approximate surface area is 236 Å². The lowest BCUT2D eigenvalue weighted by Crippen LogP contribution is -2.57. The first kappa shape index (κ1) is 27.7. The number of hydrogen-bond donors (Lipinski definition) is 0. The van der Waals surface area contributed by atoms with Crippen LogP contribution in [0.5, 0.6) is 0 Å². The molecule has 0 N–H and O–H groups in total. The molecule has 0 radical (unpaired) electrons. The molecule has 4 aromatic carbocycles. The summed E-state index contributed by atoms with van der Waals surface area (Å²) in [6, 6.07) is 39.7. The van der Waals surface area contributed by atoms with Crippen molar-refractivity contribution in [3.8, 4) is 0 Å². The highest BCUT2D eigenvalue weighted by atomic mass is 16.6. The van der Waals surface area contributed by atoms with Crippen molar-refractivity contribution in [3.63, 3.8) is 0 Å². The lowest BCUT2D eigenvalue weighted by molar-refractivity contribution is -0.560. The lowest BCUT2D eigenvalue weighted by Gasteiger charge is -2.34. The van der Waals surface area contributed by atoms with E-state index in [0.717, 1.165) is 27.0 Å². The molecule has 0 aromatic heterocycles. The van der Waals surface area contributed by atoms with Gasteiger partial charge in [0.15, 0.2) is 18.4 Å². The summed E-state index contributed by atoms with van der Waals surface area (Å²) in [7, 11) is 0. The number of hydrogen-bond acceptors (Lipinski definition) is 5. The van der Waals surface area contributed by atoms with Gasteiger partial charge < -0.3 is 24.2 Å². The van der Waals surface area contributed by atoms with E-state index in [1.807, 2.05) is 121 Å². The summed E-state index contributed by atoms with van der Waals surface area (Å²) in [5.74, 6) is 0. The largest absolute Gasteiger partial charge is 0.623 e. The molecule has 0 fully saturated rings. The summed E-state index contributed by atoms with van der Waals surface area (Å²) in [6.45, 7) is 1.65. The predicted octanol–water partition coefficient (Wildman–Crippen LogP) is 5.92. The summed E-state index contributed by atoms with van der Waals surface area (Å²) in [4.78, 5) is 0. The normalized spacial score (nSPS) is 17.9. The molecule has 40 heavy (non-hydrogen) atoms. The molecule has 206 valence electrons. The zero-order valence-electron chi connectivity index (χ0n) is 22.5. The quantitative estimate of drug-likeness (QED) is 0.148. The maximum Gasteiger partial charge on any atom is 0.247 e. The van der Waals surface area contributed by atoms with Crippen LogP contribution in [0, 0.1) is 5.21 Å². The summed E-state index contributed by atoms with van der Waals surface area (Å²) in [5.41, 5.74) is 2.95. The van der Waals surface area contributed by atoms with Gasteiger partial charge in [0, 0.05) is 0 Å². The van der Waals surface area contributed by atoms with Crippen LogP contribution >= 0.6 is 0 Å². The van der Waals surface area contributed by atoms with Crippen LogP contribution in [0.4, 0.5) is 0 Å². The highest BCUT2D eigenvalue weighted by molar-refractivity contribution is 5.62. The third-order valence-electron chi connectivity index (χ3n) is 7.03. The van der Waals surface area contributed by atoms with Gasteiger partial charge in [-0.2, -0.15) is 4.74 Å². The second-order valence-electron chi connectivity index (χ2n) is 10.0. The van der Waals surface area contributed by atoms with Gasteiger partial charge in [-0.15, -0.1) is 0 Å². The predicted molar refractivity (Wildman–Crippen MR) is 155 cm³/mol. The van der Waals surface area contributed by atoms with Crippen molar-refractivity contribution < 1.29 is 23.7 Å². The Morgan fingerprint density at radius 2 is 0.900 bits per heavy atom. The molecule has 1 heterocycles. The zero-order chi connectivity index (χ0) is 27.5. The van der Waals surface area contributed by atoms with Crippen molar-refractivity contribution in [2.24, 2.45) is 0 Å². The molecule has 2 atom stereocenters. The topological polar surface area (TPSA) is 63.0 Å². The SMILES string of the molecule is [O-][N+]1=C[C@H](OCc2ccccc2)[C@H](OCc2ccccc2)C1(COCc1ccccc1)COCc1ccccc1. The third-order valence-corrected chi connectivity index (χ3v) is 7.03. The van der Waals surface area contributed by atoms with Crippen molar-refractivity contribution in [2.45, 2.75) is 44.2 Å². The van der Waals surface area contributed by atoms with Gasteiger partial charge in [-0.3, -0.25) is 0 Å². The fourth-order valence-corrected chi connectivity index (χ4v) is 4.87. The van der Waals surface area contributed by atoms with E-state index >= 15 is 0 Å². The highest BCUT2D eigenvalue weighted by Gasteiger charge is 2.58. The summed E-state index contributed by atoms with van der Waals surface area (Å²) in [5, 5.41) is 13.8. The first-order valence-electron chi connectivity index (χ1n) is 13.6. The van der Waals surface area contributed by atoms with Crippen molar-refractivity contribution in [1.82, 2.24) is 0 Å². The lowest BCUT2D eigenvalue weighted by atomic mass is 9.93. The minimum absolute atomic E-state index is 0.112. The smallest absolute Gasteiger partial charge is 0.247 e. The standard InChI is InChI=1S/C34H35NO5/c36-35-21-32(39-24-30-17-9-3-10-18-30)33(40-25-31-19-11-4-12-20-31)34(35,26-37-22-28-13-5-1-6-14-28)27-38-23-29-15-7-2-8-16-29/h1-21,32-33H,22-27H2/t32-,33-/m0/s1. The van der Waals surface area contributed by atoms with E-state index in [2.05, 4.69) is 0 Å². The minimum atomic E-state index is -1.14. The number of nitrogens with zero attached hydrogens (tertiary/aromatic N) is 1. The van der Waals surface area contributed by atoms with Crippen LogP contribution in [0.15, 0.2) is 121 Å².